The summed E-state index contributed by atoms with van der Waals surface area (Å²) in [5, 5.41) is 0. The monoisotopic (exact) mass is 170 g/mol. The summed E-state index contributed by atoms with van der Waals surface area (Å²) >= 11 is 0. The lowest BCUT2D eigenvalue weighted by Gasteiger charge is -2.49. The highest BCUT2D eigenvalue weighted by Crippen LogP contribution is 2.44. The zero-order chi connectivity index (χ0) is 9.24. The summed E-state index contributed by atoms with van der Waals surface area (Å²) in [6.45, 7) is 4.42. The van der Waals surface area contributed by atoms with Gasteiger partial charge in [-0.15, -0.1) is 0 Å². The van der Waals surface area contributed by atoms with Gasteiger partial charge in [-0.2, -0.15) is 0 Å². The van der Waals surface area contributed by atoms with E-state index < -0.39 is 5.66 Å². The molecule has 0 atom stereocenters. The minimum Gasteiger partial charge on any atom is -0.313 e. The van der Waals surface area contributed by atoms with Crippen LogP contribution in [-0.4, -0.2) is 5.66 Å². The second kappa shape index (κ2) is 3.35. The molecule has 12 heavy (non-hydrogen) atoms. The maximum absolute atomic E-state index is 6.16. The van der Waals surface area contributed by atoms with E-state index in [1.807, 2.05) is 0 Å². The molecular weight excluding hydrogens is 148 g/mol. The highest BCUT2D eigenvalue weighted by molar-refractivity contribution is 4.99. The van der Waals surface area contributed by atoms with Crippen molar-refractivity contribution in [2.75, 3.05) is 0 Å². The molecule has 0 aromatic carbocycles. The Balaban J connectivity index is 2.81. The molecule has 0 spiro atoms. The summed E-state index contributed by atoms with van der Waals surface area (Å²) in [6, 6.07) is 0. The van der Waals surface area contributed by atoms with E-state index in [4.69, 9.17) is 11.5 Å². The Morgan fingerprint density at radius 2 is 1.50 bits per heavy atom. The largest absolute Gasteiger partial charge is 0.313 e. The molecule has 0 bridgehead atoms. The zero-order valence-electron chi connectivity index (χ0n) is 8.40. The van der Waals surface area contributed by atoms with Crippen LogP contribution in [0.4, 0.5) is 0 Å². The Bertz CT molecular complexity index is 148. The fourth-order valence-corrected chi connectivity index (χ4v) is 2.64. The number of hydrogen-bond donors (Lipinski definition) is 2. The number of hydrogen-bond acceptors (Lipinski definition) is 2. The van der Waals surface area contributed by atoms with Gasteiger partial charge in [-0.3, -0.25) is 0 Å². The van der Waals surface area contributed by atoms with Crippen molar-refractivity contribution in [3.05, 3.63) is 0 Å². The van der Waals surface area contributed by atoms with E-state index in [0.29, 0.717) is 0 Å². The fraction of sp³-hybridized carbons (Fsp3) is 1.00. The molecule has 2 heteroatoms. The van der Waals surface area contributed by atoms with Gasteiger partial charge in [0.2, 0.25) is 0 Å². The third-order valence-corrected chi connectivity index (χ3v) is 3.84. The Morgan fingerprint density at radius 1 is 1.00 bits per heavy atom. The van der Waals surface area contributed by atoms with E-state index in [-0.39, 0.29) is 5.41 Å². The first kappa shape index (κ1) is 10.0. The van der Waals surface area contributed by atoms with Gasteiger partial charge in [-0.05, 0) is 25.7 Å². The minimum atomic E-state index is -0.408. The molecule has 4 N–H and O–H groups in total. The van der Waals surface area contributed by atoms with Crippen LogP contribution in [-0.2, 0) is 0 Å². The Labute approximate surface area is 75.7 Å². The van der Waals surface area contributed by atoms with Crippen LogP contribution in [0.3, 0.4) is 0 Å². The van der Waals surface area contributed by atoms with Crippen LogP contribution in [0, 0.1) is 5.41 Å². The van der Waals surface area contributed by atoms with Gasteiger partial charge < -0.3 is 11.5 Å². The van der Waals surface area contributed by atoms with Crippen molar-refractivity contribution >= 4 is 0 Å². The van der Waals surface area contributed by atoms with E-state index in [2.05, 4.69) is 13.8 Å². The molecule has 1 rings (SSSR count). The van der Waals surface area contributed by atoms with Crippen LogP contribution in [0.1, 0.15) is 52.4 Å². The Hall–Kier alpha value is -0.0800. The van der Waals surface area contributed by atoms with Crippen molar-refractivity contribution < 1.29 is 0 Å². The van der Waals surface area contributed by atoms with Gasteiger partial charge in [-0.25, -0.2) is 0 Å². The molecule has 0 radical (unpaired) electrons. The molecule has 1 saturated carbocycles. The average molecular weight is 170 g/mol. The quantitative estimate of drug-likeness (QED) is 0.623. The van der Waals surface area contributed by atoms with Crippen LogP contribution >= 0.6 is 0 Å². The normalized spacial score (nSPS) is 27.0. The van der Waals surface area contributed by atoms with Gasteiger partial charge in [0.05, 0.1) is 5.66 Å². The van der Waals surface area contributed by atoms with Gasteiger partial charge in [0, 0.05) is 5.41 Å². The molecule has 0 amide bonds. The lowest BCUT2D eigenvalue weighted by molar-refractivity contribution is 0.0556. The first-order valence-electron chi connectivity index (χ1n) is 5.16. The zero-order valence-corrected chi connectivity index (χ0v) is 8.40. The first-order valence-corrected chi connectivity index (χ1v) is 5.16. The van der Waals surface area contributed by atoms with Gasteiger partial charge in [-0.1, -0.05) is 26.7 Å². The molecule has 1 aliphatic carbocycles. The second-order valence-corrected chi connectivity index (χ2v) is 4.23. The van der Waals surface area contributed by atoms with Crippen LogP contribution in [0.5, 0.6) is 0 Å². The van der Waals surface area contributed by atoms with Crippen molar-refractivity contribution in [2.45, 2.75) is 58.0 Å². The minimum absolute atomic E-state index is 0.214. The number of nitrogens with two attached hydrogens (primary N) is 2. The molecule has 72 valence electrons. The molecule has 1 aliphatic rings. The van der Waals surface area contributed by atoms with Crippen molar-refractivity contribution in [3.63, 3.8) is 0 Å². The Kier molecular flexibility index (Phi) is 2.79. The maximum atomic E-state index is 6.16. The van der Waals surface area contributed by atoms with Crippen molar-refractivity contribution in [1.82, 2.24) is 0 Å². The van der Waals surface area contributed by atoms with Crippen molar-refractivity contribution in [1.29, 1.82) is 0 Å². The highest BCUT2D eigenvalue weighted by atomic mass is 15.0. The second-order valence-electron chi connectivity index (χ2n) is 4.23. The lowest BCUT2D eigenvalue weighted by atomic mass is 9.63. The number of rotatable bonds is 2. The maximum Gasteiger partial charge on any atom is 0.0694 e. The predicted molar refractivity (Wildman–Crippen MR) is 52.6 cm³/mol. The molecule has 0 saturated heterocycles. The summed E-state index contributed by atoms with van der Waals surface area (Å²) in [4.78, 5) is 0. The predicted octanol–water partition coefficient (Wildman–Crippen LogP) is 1.98. The lowest BCUT2D eigenvalue weighted by Crippen LogP contribution is -2.63. The third kappa shape index (κ3) is 1.38. The van der Waals surface area contributed by atoms with Gasteiger partial charge >= 0.3 is 0 Å². The van der Waals surface area contributed by atoms with Crippen molar-refractivity contribution in [3.8, 4) is 0 Å². The molecule has 1 fully saturated rings. The van der Waals surface area contributed by atoms with Crippen molar-refractivity contribution in [2.24, 2.45) is 16.9 Å². The Morgan fingerprint density at radius 3 is 1.83 bits per heavy atom. The third-order valence-electron chi connectivity index (χ3n) is 3.84. The highest BCUT2D eigenvalue weighted by Gasteiger charge is 2.44. The summed E-state index contributed by atoms with van der Waals surface area (Å²) in [7, 11) is 0. The first-order chi connectivity index (χ1) is 5.58. The smallest absolute Gasteiger partial charge is 0.0694 e. The molecule has 0 unspecified atom stereocenters. The van der Waals surface area contributed by atoms with E-state index in [1.54, 1.807) is 0 Å². The molecule has 0 heterocycles. The van der Waals surface area contributed by atoms with E-state index >= 15 is 0 Å². The standard InChI is InChI=1S/C10H22N2/c1-3-9(4-2)7-5-6-8-10(9,11)12/h3-8,11-12H2,1-2H3. The van der Waals surface area contributed by atoms with Gasteiger partial charge in [0.25, 0.3) is 0 Å². The molecule has 0 aliphatic heterocycles. The average Bonchev–Trinajstić information content (AvgIpc) is 2.05. The topological polar surface area (TPSA) is 52.0 Å². The van der Waals surface area contributed by atoms with E-state index in [9.17, 15) is 0 Å². The van der Waals surface area contributed by atoms with Gasteiger partial charge in [0.15, 0.2) is 0 Å². The molecule has 2 nitrogen and oxygen atoms in total. The van der Waals surface area contributed by atoms with E-state index in [0.717, 1.165) is 19.3 Å². The van der Waals surface area contributed by atoms with Crippen LogP contribution in [0.15, 0.2) is 0 Å². The summed E-state index contributed by atoms with van der Waals surface area (Å²) in [5.74, 6) is 0. The SMILES string of the molecule is CCC1(CC)CCCCC1(N)N. The van der Waals surface area contributed by atoms with Gasteiger partial charge in [0.1, 0.15) is 0 Å². The molecule has 0 aromatic rings. The summed E-state index contributed by atoms with van der Waals surface area (Å²) < 4.78 is 0. The van der Waals surface area contributed by atoms with Crippen LogP contribution in [0.2, 0.25) is 0 Å². The summed E-state index contributed by atoms with van der Waals surface area (Å²) in [6.07, 6.45) is 6.96. The molecule has 0 aromatic heterocycles. The van der Waals surface area contributed by atoms with Crippen LogP contribution < -0.4 is 11.5 Å². The molecular formula is C10H22N2. The summed E-state index contributed by atoms with van der Waals surface area (Å²) in [5.41, 5.74) is 12.1. The van der Waals surface area contributed by atoms with Crippen LogP contribution in [0.25, 0.3) is 0 Å². The fourth-order valence-electron chi connectivity index (χ4n) is 2.64. The van der Waals surface area contributed by atoms with E-state index in [1.165, 1.54) is 19.3 Å².